The quantitative estimate of drug-likeness (QED) is 0.621. The van der Waals surface area contributed by atoms with Crippen LogP contribution in [0.15, 0.2) is 23.2 Å². The molecule has 0 spiro atoms. The molecule has 0 saturated carbocycles. The van der Waals surface area contributed by atoms with Gasteiger partial charge in [0.2, 0.25) is 6.08 Å². The Balaban J connectivity index is 2.88. The van der Waals surface area contributed by atoms with Gasteiger partial charge in [0.1, 0.15) is 0 Å². The summed E-state index contributed by atoms with van der Waals surface area (Å²) < 4.78 is 0. The third-order valence-corrected chi connectivity index (χ3v) is 2.16. The molecule has 4 nitrogen and oxygen atoms in total. The second-order valence-corrected chi connectivity index (χ2v) is 3.46. The number of rotatable bonds is 4. The summed E-state index contributed by atoms with van der Waals surface area (Å²) in [4.78, 5) is 25.3. The van der Waals surface area contributed by atoms with Crippen LogP contribution in [-0.4, -0.2) is 18.5 Å². The third-order valence-electron chi connectivity index (χ3n) is 2.16. The Morgan fingerprint density at radius 1 is 1.50 bits per heavy atom. The molecule has 0 heterocycles. The molecule has 0 atom stereocenters. The van der Waals surface area contributed by atoms with Gasteiger partial charge in [-0.3, -0.25) is 4.79 Å². The number of benzene rings is 1. The van der Waals surface area contributed by atoms with E-state index >= 15 is 0 Å². The highest BCUT2D eigenvalue weighted by Crippen LogP contribution is 2.18. The maximum atomic E-state index is 11.6. The van der Waals surface area contributed by atoms with Crippen molar-refractivity contribution in [2.45, 2.75) is 20.3 Å². The van der Waals surface area contributed by atoms with E-state index in [1.54, 1.807) is 25.1 Å². The van der Waals surface area contributed by atoms with Crippen LogP contribution < -0.4 is 5.32 Å². The molecule has 1 amide bonds. The average Bonchev–Trinajstić information content (AvgIpc) is 2.29. The lowest BCUT2D eigenvalue weighted by Gasteiger charge is -2.05. The van der Waals surface area contributed by atoms with E-state index in [4.69, 9.17) is 0 Å². The number of aliphatic imine (C=N–C) groups is 1. The minimum atomic E-state index is -0.105. The molecule has 1 aromatic carbocycles. The van der Waals surface area contributed by atoms with Crippen molar-refractivity contribution >= 4 is 17.7 Å². The number of carbonyl (C=O) groups excluding carboxylic acids is 2. The van der Waals surface area contributed by atoms with Crippen LogP contribution in [-0.2, 0) is 4.79 Å². The van der Waals surface area contributed by atoms with Gasteiger partial charge in [-0.15, -0.1) is 0 Å². The molecule has 16 heavy (non-hydrogen) atoms. The van der Waals surface area contributed by atoms with Crippen LogP contribution >= 0.6 is 0 Å². The summed E-state index contributed by atoms with van der Waals surface area (Å²) in [6, 6.07) is 5.00. The van der Waals surface area contributed by atoms with Crippen LogP contribution in [0.4, 0.5) is 5.69 Å². The molecule has 84 valence electrons. The maximum absolute atomic E-state index is 11.6. The van der Waals surface area contributed by atoms with Gasteiger partial charge < -0.3 is 5.32 Å². The first-order chi connectivity index (χ1) is 7.69. The van der Waals surface area contributed by atoms with Crippen molar-refractivity contribution in [3.8, 4) is 0 Å². The van der Waals surface area contributed by atoms with E-state index < -0.39 is 0 Å². The summed E-state index contributed by atoms with van der Waals surface area (Å²) in [5.41, 5.74) is 1.91. The number of nitrogens with one attached hydrogen (secondary N) is 1. The number of hydrogen-bond acceptors (Lipinski definition) is 3. The lowest BCUT2D eigenvalue weighted by atomic mass is 10.1. The normalized spacial score (nSPS) is 9.38. The topological polar surface area (TPSA) is 58.5 Å². The molecule has 0 aliphatic rings. The van der Waals surface area contributed by atoms with Crippen molar-refractivity contribution in [1.29, 1.82) is 0 Å². The number of nitrogens with zero attached hydrogens (tertiary/aromatic N) is 1. The number of carbonyl (C=O) groups is 1. The molecule has 1 aromatic rings. The molecular weight excluding hydrogens is 204 g/mol. The number of hydrogen-bond donors (Lipinski definition) is 1. The highest BCUT2D eigenvalue weighted by atomic mass is 16.1. The van der Waals surface area contributed by atoms with E-state index in [1.165, 1.54) is 6.08 Å². The highest BCUT2D eigenvalue weighted by molar-refractivity contribution is 5.94. The van der Waals surface area contributed by atoms with E-state index in [1.807, 2.05) is 6.92 Å². The van der Waals surface area contributed by atoms with Crippen molar-refractivity contribution in [3.63, 3.8) is 0 Å². The predicted molar refractivity (Wildman–Crippen MR) is 61.6 cm³/mol. The third kappa shape index (κ3) is 3.04. The second-order valence-electron chi connectivity index (χ2n) is 3.46. The van der Waals surface area contributed by atoms with Gasteiger partial charge in [0.15, 0.2) is 0 Å². The highest BCUT2D eigenvalue weighted by Gasteiger charge is 2.06. The Bertz CT molecular complexity index is 435. The summed E-state index contributed by atoms with van der Waals surface area (Å²) in [7, 11) is 0. The summed E-state index contributed by atoms with van der Waals surface area (Å²) in [5.74, 6) is -0.105. The monoisotopic (exact) mass is 218 g/mol. The molecule has 1 N–H and O–H groups in total. The lowest BCUT2D eigenvalue weighted by molar-refractivity contribution is 0.0953. The number of amides is 1. The Kier molecular flexibility index (Phi) is 4.42. The first-order valence-corrected chi connectivity index (χ1v) is 5.15. The fourth-order valence-corrected chi connectivity index (χ4v) is 1.31. The first-order valence-electron chi connectivity index (χ1n) is 5.15. The summed E-state index contributed by atoms with van der Waals surface area (Å²) >= 11 is 0. The Hall–Kier alpha value is -1.93. The molecule has 0 aliphatic heterocycles. The zero-order valence-electron chi connectivity index (χ0n) is 9.41. The Morgan fingerprint density at radius 3 is 2.81 bits per heavy atom. The maximum Gasteiger partial charge on any atom is 0.251 e. The van der Waals surface area contributed by atoms with Gasteiger partial charge in [0.05, 0.1) is 5.69 Å². The van der Waals surface area contributed by atoms with Gasteiger partial charge in [-0.1, -0.05) is 6.92 Å². The van der Waals surface area contributed by atoms with Gasteiger partial charge >= 0.3 is 0 Å². The molecule has 0 aliphatic carbocycles. The molecule has 0 bridgehead atoms. The molecule has 0 saturated heterocycles. The van der Waals surface area contributed by atoms with E-state index in [0.717, 1.165) is 12.0 Å². The summed E-state index contributed by atoms with van der Waals surface area (Å²) in [6.07, 6.45) is 2.38. The van der Waals surface area contributed by atoms with Crippen LogP contribution in [0.25, 0.3) is 0 Å². The van der Waals surface area contributed by atoms with Crippen LogP contribution in [0.2, 0.25) is 0 Å². The van der Waals surface area contributed by atoms with E-state index in [-0.39, 0.29) is 5.91 Å². The number of isocyanates is 1. The smallest absolute Gasteiger partial charge is 0.251 e. The zero-order valence-corrected chi connectivity index (χ0v) is 9.41. The van der Waals surface area contributed by atoms with Crippen molar-refractivity contribution in [3.05, 3.63) is 29.3 Å². The standard InChI is InChI=1S/C12H14N2O2/c1-3-6-13-12(16)10-4-5-11(14-8-15)9(2)7-10/h4-5,7H,3,6H2,1-2H3,(H,13,16). The van der Waals surface area contributed by atoms with Crippen molar-refractivity contribution in [2.24, 2.45) is 4.99 Å². The zero-order chi connectivity index (χ0) is 12.0. The SMILES string of the molecule is CCCNC(=O)c1ccc(N=C=O)c(C)c1. The fraction of sp³-hybridized carbons (Fsp3) is 0.333. The first kappa shape index (κ1) is 12.1. The van der Waals surface area contributed by atoms with Crippen LogP contribution in [0.3, 0.4) is 0 Å². The summed E-state index contributed by atoms with van der Waals surface area (Å²) in [6.45, 7) is 4.45. The van der Waals surface area contributed by atoms with Gasteiger partial charge in [-0.2, -0.15) is 4.99 Å². The second kappa shape index (κ2) is 5.83. The summed E-state index contributed by atoms with van der Waals surface area (Å²) in [5, 5.41) is 2.78. The van der Waals surface area contributed by atoms with Crippen LogP contribution in [0.5, 0.6) is 0 Å². The van der Waals surface area contributed by atoms with E-state index in [0.29, 0.717) is 17.8 Å². The van der Waals surface area contributed by atoms with Gasteiger partial charge in [0, 0.05) is 12.1 Å². The molecule has 0 fully saturated rings. The Morgan fingerprint density at radius 2 is 2.25 bits per heavy atom. The molecular formula is C12H14N2O2. The largest absolute Gasteiger partial charge is 0.352 e. The van der Waals surface area contributed by atoms with Crippen molar-refractivity contribution in [2.75, 3.05) is 6.54 Å². The molecule has 4 heteroatoms. The fourth-order valence-electron chi connectivity index (χ4n) is 1.31. The minimum Gasteiger partial charge on any atom is -0.352 e. The van der Waals surface area contributed by atoms with Crippen LogP contribution in [0, 0.1) is 6.92 Å². The van der Waals surface area contributed by atoms with Crippen molar-refractivity contribution in [1.82, 2.24) is 5.32 Å². The van der Waals surface area contributed by atoms with Gasteiger partial charge in [-0.05, 0) is 37.1 Å². The minimum absolute atomic E-state index is 0.105. The van der Waals surface area contributed by atoms with Gasteiger partial charge in [0.25, 0.3) is 5.91 Å². The lowest BCUT2D eigenvalue weighted by Crippen LogP contribution is -2.23. The average molecular weight is 218 g/mol. The molecule has 0 aromatic heterocycles. The van der Waals surface area contributed by atoms with Crippen LogP contribution in [0.1, 0.15) is 29.3 Å². The molecule has 0 unspecified atom stereocenters. The predicted octanol–water partition coefficient (Wildman–Crippen LogP) is 2.10. The Labute approximate surface area is 94.4 Å². The van der Waals surface area contributed by atoms with Gasteiger partial charge in [-0.25, -0.2) is 4.79 Å². The van der Waals surface area contributed by atoms with E-state index in [2.05, 4.69) is 10.3 Å². The molecule has 0 radical (unpaired) electrons. The van der Waals surface area contributed by atoms with Crippen molar-refractivity contribution < 1.29 is 9.59 Å². The van der Waals surface area contributed by atoms with E-state index in [9.17, 15) is 9.59 Å². The molecule has 1 rings (SSSR count). The number of aryl methyl sites for hydroxylation is 1.